The fourth-order valence-electron chi connectivity index (χ4n) is 2.14. The highest BCUT2D eigenvalue weighted by Crippen LogP contribution is 2.33. The molecule has 0 aliphatic rings. The van der Waals surface area contributed by atoms with Gasteiger partial charge in [-0.15, -0.1) is 0 Å². The Morgan fingerprint density at radius 2 is 1.37 bits per heavy atom. The molecule has 0 saturated carbocycles. The molecule has 2 aromatic carbocycles. The van der Waals surface area contributed by atoms with Crippen molar-refractivity contribution >= 4 is 6.08 Å². The maximum Gasteiger partial charge on any atom is 0.135 e. The first-order valence-electron chi connectivity index (χ1n) is 6.25. The van der Waals surface area contributed by atoms with Gasteiger partial charge in [0.05, 0.1) is 0 Å². The first kappa shape index (κ1) is 11.5. The summed E-state index contributed by atoms with van der Waals surface area (Å²) < 4.78 is 5.89. The van der Waals surface area contributed by atoms with Crippen molar-refractivity contribution in [2.24, 2.45) is 0 Å². The van der Waals surface area contributed by atoms with Gasteiger partial charge in [-0.25, -0.2) is 0 Å². The van der Waals surface area contributed by atoms with Crippen molar-refractivity contribution in [2.45, 2.75) is 0 Å². The second kappa shape index (κ2) is 4.99. The molecule has 0 aliphatic heterocycles. The average Bonchev–Trinajstić information content (AvgIpc) is 2.93. The smallest absolute Gasteiger partial charge is 0.135 e. The van der Waals surface area contributed by atoms with Crippen LogP contribution < -0.4 is 0 Å². The van der Waals surface area contributed by atoms with Gasteiger partial charge in [0.25, 0.3) is 0 Å². The summed E-state index contributed by atoms with van der Waals surface area (Å²) in [5, 5.41) is 0. The quantitative estimate of drug-likeness (QED) is 0.614. The van der Waals surface area contributed by atoms with E-state index in [9.17, 15) is 0 Å². The molecule has 3 rings (SSSR count). The average molecular weight is 246 g/mol. The molecule has 3 aromatic rings. The Balaban J connectivity index is 2.12. The number of rotatable bonds is 3. The molecule has 0 unspecified atom stereocenters. The van der Waals surface area contributed by atoms with Crippen LogP contribution in [-0.4, -0.2) is 0 Å². The summed E-state index contributed by atoms with van der Waals surface area (Å²) >= 11 is 0. The molecule has 1 heterocycles. The Morgan fingerprint density at radius 1 is 0.789 bits per heavy atom. The Kier molecular flexibility index (Phi) is 3.03. The number of hydrogen-bond donors (Lipinski definition) is 0. The van der Waals surface area contributed by atoms with Gasteiger partial charge in [-0.2, -0.15) is 0 Å². The molecule has 0 atom stereocenters. The maximum atomic E-state index is 5.89. The van der Waals surface area contributed by atoms with Crippen LogP contribution in [0.15, 0.2) is 77.7 Å². The van der Waals surface area contributed by atoms with Crippen molar-refractivity contribution in [3.8, 4) is 22.5 Å². The maximum absolute atomic E-state index is 5.89. The Bertz CT molecular complexity index is 678. The molecule has 0 radical (unpaired) electrons. The molecule has 0 bridgehead atoms. The van der Waals surface area contributed by atoms with Crippen molar-refractivity contribution in [2.75, 3.05) is 0 Å². The highest BCUT2D eigenvalue weighted by molar-refractivity contribution is 5.77. The van der Waals surface area contributed by atoms with E-state index in [4.69, 9.17) is 4.42 Å². The summed E-state index contributed by atoms with van der Waals surface area (Å²) in [4.78, 5) is 0. The van der Waals surface area contributed by atoms with E-state index in [1.165, 1.54) is 0 Å². The van der Waals surface area contributed by atoms with Crippen molar-refractivity contribution in [3.63, 3.8) is 0 Å². The molecular weight excluding hydrogens is 232 g/mol. The predicted molar refractivity (Wildman–Crippen MR) is 79.7 cm³/mol. The van der Waals surface area contributed by atoms with Gasteiger partial charge < -0.3 is 4.42 Å². The topological polar surface area (TPSA) is 13.1 Å². The van der Waals surface area contributed by atoms with Gasteiger partial charge in [-0.3, -0.25) is 0 Å². The molecule has 0 spiro atoms. The number of furan rings is 1. The largest absolute Gasteiger partial charge is 0.456 e. The summed E-state index contributed by atoms with van der Waals surface area (Å²) in [6.45, 7) is 3.83. The lowest BCUT2D eigenvalue weighted by Crippen LogP contribution is -1.75. The van der Waals surface area contributed by atoms with Crippen LogP contribution in [0.5, 0.6) is 0 Å². The van der Waals surface area contributed by atoms with Crippen molar-refractivity contribution in [1.29, 1.82) is 0 Å². The molecule has 0 aliphatic carbocycles. The van der Waals surface area contributed by atoms with Crippen LogP contribution in [0.4, 0.5) is 0 Å². The first-order chi connectivity index (χ1) is 9.38. The van der Waals surface area contributed by atoms with E-state index in [-0.39, 0.29) is 0 Å². The second-order valence-electron chi connectivity index (χ2n) is 4.32. The van der Waals surface area contributed by atoms with Crippen molar-refractivity contribution in [1.82, 2.24) is 0 Å². The molecule has 1 aromatic heterocycles. The van der Waals surface area contributed by atoms with Crippen LogP contribution in [0, 0.1) is 0 Å². The minimum Gasteiger partial charge on any atom is -0.456 e. The van der Waals surface area contributed by atoms with Crippen LogP contribution in [0.3, 0.4) is 0 Å². The molecule has 0 fully saturated rings. The van der Waals surface area contributed by atoms with E-state index in [0.717, 1.165) is 28.2 Å². The van der Waals surface area contributed by atoms with E-state index in [1.807, 2.05) is 48.5 Å². The number of benzene rings is 2. The third kappa shape index (κ3) is 2.23. The van der Waals surface area contributed by atoms with Gasteiger partial charge in [0.15, 0.2) is 0 Å². The lowest BCUT2D eigenvalue weighted by molar-refractivity contribution is 0.573. The molecule has 0 amide bonds. The zero-order valence-corrected chi connectivity index (χ0v) is 10.5. The minimum atomic E-state index is 0.810. The van der Waals surface area contributed by atoms with Crippen molar-refractivity contribution < 1.29 is 4.42 Å². The SMILES string of the molecule is C=Cc1oc(-c2ccccc2)cc1-c1ccccc1. The molecular formula is C18H14O. The normalized spacial score (nSPS) is 10.3. The molecule has 1 nitrogen and oxygen atoms in total. The zero-order chi connectivity index (χ0) is 13.1. The molecule has 19 heavy (non-hydrogen) atoms. The Morgan fingerprint density at radius 3 is 1.95 bits per heavy atom. The highest BCUT2D eigenvalue weighted by atomic mass is 16.3. The van der Waals surface area contributed by atoms with E-state index in [1.54, 1.807) is 6.08 Å². The van der Waals surface area contributed by atoms with Crippen LogP contribution in [-0.2, 0) is 0 Å². The lowest BCUT2D eigenvalue weighted by Gasteiger charge is -1.97. The Hall–Kier alpha value is -2.54. The van der Waals surface area contributed by atoms with Crippen molar-refractivity contribution in [3.05, 3.63) is 79.1 Å². The lowest BCUT2D eigenvalue weighted by atomic mass is 10.0. The van der Waals surface area contributed by atoms with E-state index in [0.29, 0.717) is 0 Å². The second-order valence-corrected chi connectivity index (χ2v) is 4.32. The summed E-state index contributed by atoms with van der Waals surface area (Å²) in [5.41, 5.74) is 3.30. The molecule has 0 saturated heterocycles. The summed E-state index contributed by atoms with van der Waals surface area (Å²) in [5.74, 6) is 1.68. The molecule has 1 heteroatoms. The summed E-state index contributed by atoms with van der Waals surface area (Å²) in [6.07, 6.45) is 1.76. The van der Waals surface area contributed by atoms with E-state index < -0.39 is 0 Å². The predicted octanol–water partition coefficient (Wildman–Crippen LogP) is 5.26. The molecule has 92 valence electrons. The standard InChI is InChI=1S/C18H14O/c1-2-17-16(14-9-5-3-6-10-14)13-18(19-17)15-11-7-4-8-12-15/h2-13H,1H2. The van der Waals surface area contributed by atoms with Crippen LogP contribution in [0.25, 0.3) is 28.5 Å². The minimum absolute atomic E-state index is 0.810. The zero-order valence-electron chi connectivity index (χ0n) is 10.5. The highest BCUT2D eigenvalue weighted by Gasteiger charge is 2.11. The first-order valence-corrected chi connectivity index (χ1v) is 6.25. The van der Waals surface area contributed by atoms with Gasteiger partial charge in [0.1, 0.15) is 11.5 Å². The monoisotopic (exact) mass is 246 g/mol. The Labute approximate surface area is 112 Å². The fraction of sp³-hybridized carbons (Fsp3) is 0. The number of hydrogen-bond acceptors (Lipinski definition) is 1. The van der Waals surface area contributed by atoms with E-state index >= 15 is 0 Å². The third-order valence-electron chi connectivity index (χ3n) is 3.09. The fourth-order valence-corrected chi connectivity index (χ4v) is 2.14. The van der Waals surface area contributed by atoms with E-state index in [2.05, 4.69) is 24.8 Å². The molecule has 0 N–H and O–H groups in total. The summed E-state index contributed by atoms with van der Waals surface area (Å²) in [7, 11) is 0. The summed E-state index contributed by atoms with van der Waals surface area (Å²) in [6, 6.07) is 22.4. The van der Waals surface area contributed by atoms with Gasteiger partial charge in [-0.05, 0) is 17.7 Å². The third-order valence-corrected chi connectivity index (χ3v) is 3.09. The van der Waals surface area contributed by atoms with Crippen LogP contribution in [0.1, 0.15) is 5.76 Å². The van der Waals surface area contributed by atoms with Crippen LogP contribution >= 0.6 is 0 Å². The van der Waals surface area contributed by atoms with Gasteiger partial charge in [-0.1, -0.05) is 67.2 Å². The van der Waals surface area contributed by atoms with Gasteiger partial charge in [0.2, 0.25) is 0 Å². The van der Waals surface area contributed by atoms with Gasteiger partial charge >= 0.3 is 0 Å². The van der Waals surface area contributed by atoms with Gasteiger partial charge in [0, 0.05) is 11.1 Å². The van der Waals surface area contributed by atoms with Crippen LogP contribution in [0.2, 0.25) is 0 Å².